The fourth-order valence-corrected chi connectivity index (χ4v) is 2.88. The summed E-state index contributed by atoms with van der Waals surface area (Å²) in [4.78, 5) is 0. The fourth-order valence-electron chi connectivity index (χ4n) is 2.88. The van der Waals surface area contributed by atoms with Gasteiger partial charge in [-0.15, -0.1) is 0 Å². The Kier molecular flexibility index (Phi) is 2.92. The van der Waals surface area contributed by atoms with Crippen LogP contribution in [-0.2, 0) is 6.42 Å². The standard InChI is InChI=1S/C17H19N/c1-12-7-8-16-14(11-12)9-10-18-17(16)15-6-4-3-5-13(15)2/h3-8,11,17-18H,9-10H2,1-2H3. The maximum atomic E-state index is 3.65. The third-order valence-corrected chi connectivity index (χ3v) is 3.85. The zero-order valence-electron chi connectivity index (χ0n) is 11.0. The molecule has 1 aliphatic rings. The Morgan fingerprint density at radius 3 is 2.67 bits per heavy atom. The van der Waals surface area contributed by atoms with Crippen molar-refractivity contribution in [3.05, 3.63) is 70.3 Å². The second-order valence-electron chi connectivity index (χ2n) is 5.20. The second-order valence-corrected chi connectivity index (χ2v) is 5.20. The minimum Gasteiger partial charge on any atom is -0.306 e. The zero-order chi connectivity index (χ0) is 12.5. The SMILES string of the molecule is Cc1ccc2c(c1)CCNC2c1ccccc1C. The molecule has 0 fully saturated rings. The van der Waals surface area contributed by atoms with E-state index in [1.165, 1.54) is 27.8 Å². The van der Waals surface area contributed by atoms with Gasteiger partial charge in [-0.05, 0) is 42.5 Å². The highest BCUT2D eigenvalue weighted by molar-refractivity contribution is 5.43. The monoisotopic (exact) mass is 237 g/mol. The third-order valence-electron chi connectivity index (χ3n) is 3.85. The zero-order valence-corrected chi connectivity index (χ0v) is 11.0. The molecule has 2 aromatic rings. The van der Waals surface area contributed by atoms with Crippen LogP contribution < -0.4 is 5.32 Å². The second kappa shape index (κ2) is 4.58. The number of fused-ring (bicyclic) bond motifs is 1. The molecule has 0 aromatic heterocycles. The number of hydrogen-bond acceptors (Lipinski definition) is 1. The van der Waals surface area contributed by atoms with Crippen molar-refractivity contribution in [1.29, 1.82) is 0 Å². The van der Waals surface area contributed by atoms with E-state index in [1.807, 2.05) is 0 Å². The molecule has 0 spiro atoms. The largest absolute Gasteiger partial charge is 0.306 e. The number of rotatable bonds is 1. The average Bonchev–Trinajstić information content (AvgIpc) is 2.38. The first-order valence-electron chi connectivity index (χ1n) is 6.64. The van der Waals surface area contributed by atoms with Crippen molar-refractivity contribution in [3.8, 4) is 0 Å². The Bertz CT molecular complexity index is 572. The van der Waals surface area contributed by atoms with Crippen LogP contribution >= 0.6 is 0 Å². The van der Waals surface area contributed by atoms with Crippen LogP contribution in [0.3, 0.4) is 0 Å². The van der Waals surface area contributed by atoms with E-state index in [0.29, 0.717) is 6.04 Å². The Labute approximate surface area is 109 Å². The molecule has 1 heterocycles. The van der Waals surface area contributed by atoms with Gasteiger partial charge in [0, 0.05) is 6.54 Å². The molecule has 0 radical (unpaired) electrons. The topological polar surface area (TPSA) is 12.0 Å². The van der Waals surface area contributed by atoms with Crippen molar-refractivity contribution in [2.75, 3.05) is 6.54 Å². The minimum absolute atomic E-state index is 0.357. The van der Waals surface area contributed by atoms with Gasteiger partial charge in [0.05, 0.1) is 6.04 Å². The summed E-state index contributed by atoms with van der Waals surface area (Å²) >= 11 is 0. The summed E-state index contributed by atoms with van der Waals surface area (Å²) in [7, 11) is 0. The molecule has 18 heavy (non-hydrogen) atoms. The minimum atomic E-state index is 0.357. The molecule has 1 heteroatoms. The van der Waals surface area contributed by atoms with Crippen LogP contribution in [-0.4, -0.2) is 6.54 Å². The smallest absolute Gasteiger partial charge is 0.0582 e. The first-order valence-corrected chi connectivity index (χ1v) is 6.64. The van der Waals surface area contributed by atoms with Crippen LogP contribution in [0.25, 0.3) is 0 Å². The van der Waals surface area contributed by atoms with Crippen LogP contribution in [0.4, 0.5) is 0 Å². The predicted molar refractivity (Wildman–Crippen MR) is 75.9 cm³/mol. The summed E-state index contributed by atoms with van der Waals surface area (Å²) in [6, 6.07) is 15.9. The molecule has 1 nitrogen and oxygen atoms in total. The maximum Gasteiger partial charge on any atom is 0.0582 e. The summed E-state index contributed by atoms with van der Waals surface area (Å²) in [5, 5.41) is 3.65. The molecule has 2 aromatic carbocycles. The molecular formula is C17H19N. The van der Waals surface area contributed by atoms with E-state index >= 15 is 0 Å². The Morgan fingerprint density at radius 2 is 1.83 bits per heavy atom. The van der Waals surface area contributed by atoms with Crippen LogP contribution in [0, 0.1) is 13.8 Å². The van der Waals surface area contributed by atoms with Gasteiger partial charge in [0.1, 0.15) is 0 Å². The molecule has 1 unspecified atom stereocenters. The Morgan fingerprint density at radius 1 is 1.00 bits per heavy atom. The van der Waals surface area contributed by atoms with E-state index in [1.54, 1.807) is 0 Å². The van der Waals surface area contributed by atoms with Crippen molar-refractivity contribution >= 4 is 0 Å². The van der Waals surface area contributed by atoms with Gasteiger partial charge in [0.15, 0.2) is 0 Å². The van der Waals surface area contributed by atoms with Crippen molar-refractivity contribution in [2.24, 2.45) is 0 Å². The van der Waals surface area contributed by atoms with E-state index in [-0.39, 0.29) is 0 Å². The van der Waals surface area contributed by atoms with Gasteiger partial charge in [-0.1, -0.05) is 48.0 Å². The Hall–Kier alpha value is -1.60. The normalized spacial score (nSPS) is 18.4. The highest BCUT2D eigenvalue weighted by atomic mass is 14.9. The highest BCUT2D eigenvalue weighted by Gasteiger charge is 2.21. The van der Waals surface area contributed by atoms with E-state index < -0.39 is 0 Å². The number of benzene rings is 2. The highest BCUT2D eigenvalue weighted by Crippen LogP contribution is 2.30. The van der Waals surface area contributed by atoms with Crippen molar-refractivity contribution in [1.82, 2.24) is 5.32 Å². The number of aryl methyl sites for hydroxylation is 2. The lowest BCUT2D eigenvalue weighted by Gasteiger charge is -2.28. The lowest BCUT2D eigenvalue weighted by Crippen LogP contribution is -2.31. The van der Waals surface area contributed by atoms with Crippen LogP contribution in [0.2, 0.25) is 0 Å². The fraction of sp³-hybridized carbons (Fsp3) is 0.294. The molecule has 1 aliphatic heterocycles. The molecule has 1 atom stereocenters. The third kappa shape index (κ3) is 1.95. The van der Waals surface area contributed by atoms with Crippen LogP contribution in [0.1, 0.15) is 33.9 Å². The molecule has 0 aliphatic carbocycles. The summed E-state index contributed by atoms with van der Waals surface area (Å²) < 4.78 is 0. The van der Waals surface area contributed by atoms with E-state index in [2.05, 4.69) is 61.6 Å². The molecule has 0 saturated heterocycles. The quantitative estimate of drug-likeness (QED) is 0.800. The summed E-state index contributed by atoms with van der Waals surface area (Å²) in [5.74, 6) is 0. The van der Waals surface area contributed by atoms with E-state index in [0.717, 1.165) is 13.0 Å². The summed E-state index contributed by atoms with van der Waals surface area (Å²) in [6.45, 7) is 5.43. The Balaban J connectivity index is 2.09. The average molecular weight is 237 g/mol. The molecule has 1 N–H and O–H groups in total. The van der Waals surface area contributed by atoms with Crippen molar-refractivity contribution in [3.63, 3.8) is 0 Å². The summed E-state index contributed by atoms with van der Waals surface area (Å²) in [6.07, 6.45) is 1.14. The van der Waals surface area contributed by atoms with Gasteiger partial charge in [-0.25, -0.2) is 0 Å². The first-order chi connectivity index (χ1) is 8.75. The van der Waals surface area contributed by atoms with Crippen molar-refractivity contribution in [2.45, 2.75) is 26.3 Å². The first kappa shape index (κ1) is 11.5. The van der Waals surface area contributed by atoms with Gasteiger partial charge >= 0.3 is 0 Å². The summed E-state index contributed by atoms with van der Waals surface area (Å²) in [5.41, 5.74) is 7.08. The van der Waals surface area contributed by atoms with Gasteiger partial charge < -0.3 is 5.32 Å². The van der Waals surface area contributed by atoms with Gasteiger partial charge in [0.2, 0.25) is 0 Å². The lowest BCUT2D eigenvalue weighted by atomic mass is 9.87. The predicted octanol–water partition coefficient (Wildman–Crippen LogP) is 3.54. The van der Waals surface area contributed by atoms with Crippen LogP contribution in [0.5, 0.6) is 0 Å². The lowest BCUT2D eigenvalue weighted by molar-refractivity contribution is 0.565. The number of nitrogens with one attached hydrogen (secondary N) is 1. The van der Waals surface area contributed by atoms with E-state index in [9.17, 15) is 0 Å². The van der Waals surface area contributed by atoms with Gasteiger partial charge in [-0.2, -0.15) is 0 Å². The van der Waals surface area contributed by atoms with Gasteiger partial charge in [0.25, 0.3) is 0 Å². The van der Waals surface area contributed by atoms with Crippen molar-refractivity contribution < 1.29 is 0 Å². The maximum absolute atomic E-state index is 3.65. The molecule has 92 valence electrons. The van der Waals surface area contributed by atoms with Crippen LogP contribution in [0.15, 0.2) is 42.5 Å². The molecular weight excluding hydrogens is 218 g/mol. The van der Waals surface area contributed by atoms with E-state index in [4.69, 9.17) is 0 Å². The molecule has 3 rings (SSSR count). The number of hydrogen-bond donors (Lipinski definition) is 1. The van der Waals surface area contributed by atoms with Gasteiger partial charge in [-0.3, -0.25) is 0 Å². The molecule has 0 bridgehead atoms. The molecule has 0 saturated carbocycles. The molecule has 0 amide bonds.